The van der Waals surface area contributed by atoms with Gasteiger partial charge in [0, 0.05) is 6.54 Å². The lowest BCUT2D eigenvalue weighted by atomic mass is 9.98. The molecule has 1 atom stereocenters. The molecule has 0 radical (unpaired) electrons. The summed E-state index contributed by atoms with van der Waals surface area (Å²) < 4.78 is 5.35. The second kappa shape index (κ2) is 6.03. The summed E-state index contributed by atoms with van der Waals surface area (Å²) in [5.74, 6) is -0.0111. The van der Waals surface area contributed by atoms with Gasteiger partial charge in [0.2, 0.25) is 0 Å². The van der Waals surface area contributed by atoms with E-state index in [4.69, 9.17) is 4.74 Å². The maximum atomic E-state index is 12.1. The highest BCUT2D eigenvalue weighted by atomic mass is 16.6. The number of ether oxygens (including phenoxy) is 1. The molecule has 18 heavy (non-hydrogen) atoms. The number of likely N-dealkylation sites (tertiary alicyclic amines) is 1. The van der Waals surface area contributed by atoms with Crippen LogP contribution in [-0.2, 0) is 9.53 Å². The first-order chi connectivity index (χ1) is 8.35. The van der Waals surface area contributed by atoms with Gasteiger partial charge < -0.3 is 4.74 Å². The van der Waals surface area contributed by atoms with Crippen LogP contribution < -0.4 is 0 Å². The van der Waals surface area contributed by atoms with Gasteiger partial charge in [0.25, 0.3) is 0 Å². The number of carbonyl (C=O) groups is 2. The van der Waals surface area contributed by atoms with Crippen molar-refractivity contribution < 1.29 is 14.3 Å². The Morgan fingerprint density at radius 2 is 1.94 bits per heavy atom. The van der Waals surface area contributed by atoms with Crippen molar-refractivity contribution in [2.75, 3.05) is 6.54 Å². The molecule has 102 valence electrons. The van der Waals surface area contributed by atoms with Crippen LogP contribution in [0.15, 0.2) is 12.2 Å². The summed E-state index contributed by atoms with van der Waals surface area (Å²) in [5, 5.41) is 0. The average Bonchev–Trinajstić information content (AvgIpc) is 2.27. The highest BCUT2D eigenvalue weighted by Crippen LogP contribution is 2.21. The van der Waals surface area contributed by atoms with Gasteiger partial charge in [-0.05, 0) is 53.0 Å². The molecule has 1 amide bonds. The van der Waals surface area contributed by atoms with E-state index in [1.807, 2.05) is 20.8 Å². The van der Waals surface area contributed by atoms with Crippen LogP contribution in [0.2, 0.25) is 0 Å². The van der Waals surface area contributed by atoms with Crippen LogP contribution >= 0.6 is 0 Å². The van der Waals surface area contributed by atoms with Crippen LogP contribution in [0.5, 0.6) is 0 Å². The molecule has 1 unspecified atom stereocenters. The van der Waals surface area contributed by atoms with Crippen LogP contribution in [0, 0.1) is 0 Å². The Morgan fingerprint density at radius 1 is 1.28 bits per heavy atom. The Balaban J connectivity index is 2.76. The minimum Gasteiger partial charge on any atom is -0.444 e. The standard InChI is InChI=1S/C14H23NO3/c1-5-8-12(16)11-9-6-7-10-15(11)13(17)18-14(2,3)4/h5,8,11H,6-7,9-10H2,1-4H3/b8-5+. The Bertz CT molecular complexity index is 341. The second-order valence-electron chi connectivity index (χ2n) is 5.59. The van der Waals surface area contributed by atoms with E-state index in [9.17, 15) is 9.59 Å². The third-order valence-electron chi connectivity index (χ3n) is 2.79. The van der Waals surface area contributed by atoms with Crippen molar-refractivity contribution in [1.29, 1.82) is 0 Å². The van der Waals surface area contributed by atoms with Crippen molar-refractivity contribution >= 4 is 11.9 Å². The van der Waals surface area contributed by atoms with E-state index >= 15 is 0 Å². The van der Waals surface area contributed by atoms with Crippen molar-refractivity contribution in [2.45, 2.75) is 58.6 Å². The number of carbonyl (C=O) groups excluding carboxylic acids is 2. The second-order valence-corrected chi connectivity index (χ2v) is 5.59. The van der Waals surface area contributed by atoms with Crippen LogP contribution in [0.1, 0.15) is 47.0 Å². The Kier molecular flexibility index (Phi) is 4.93. The third-order valence-corrected chi connectivity index (χ3v) is 2.79. The maximum absolute atomic E-state index is 12.1. The molecule has 0 aromatic rings. The van der Waals surface area contributed by atoms with E-state index in [1.165, 1.54) is 6.08 Å². The first-order valence-corrected chi connectivity index (χ1v) is 6.51. The predicted molar refractivity (Wildman–Crippen MR) is 70.4 cm³/mol. The predicted octanol–water partition coefficient (Wildman–Crippen LogP) is 2.92. The molecule has 4 nitrogen and oxygen atoms in total. The number of hydrogen-bond acceptors (Lipinski definition) is 3. The molecule has 1 saturated heterocycles. The van der Waals surface area contributed by atoms with Gasteiger partial charge in [0.15, 0.2) is 5.78 Å². The summed E-state index contributed by atoms with van der Waals surface area (Å²) in [5.41, 5.74) is -0.525. The molecule has 1 fully saturated rings. The molecule has 1 aliphatic rings. The molecule has 0 aromatic heterocycles. The molecule has 1 aliphatic heterocycles. The quantitative estimate of drug-likeness (QED) is 0.711. The third kappa shape index (κ3) is 4.17. The summed E-state index contributed by atoms with van der Waals surface area (Å²) in [6, 6.07) is -0.357. The highest BCUT2D eigenvalue weighted by Gasteiger charge is 2.33. The van der Waals surface area contributed by atoms with Gasteiger partial charge in [-0.2, -0.15) is 0 Å². The van der Waals surface area contributed by atoms with Crippen LogP contribution in [0.25, 0.3) is 0 Å². The lowest BCUT2D eigenvalue weighted by Crippen LogP contribution is -2.49. The van der Waals surface area contributed by atoms with Crippen LogP contribution in [-0.4, -0.2) is 35.0 Å². The molecular formula is C14H23NO3. The van der Waals surface area contributed by atoms with Gasteiger partial charge in [-0.1, -0.05) is 6.08 Å². The molecule has 0 spiro atoms. The number of amides is 1. The van der Waals surface area contributed by atoms with E-state index in [1.54, 1.807) is 17.9 Å². The van der Waals surface area contributed by atoms with Crippen molar-refractivity contribution in [3.05, 3.63) is 12.2 Å². The SMILES string of the molecule is C/C=C/C(=O)C1CCCCN1C(=O)OC(C)(C)C. The molecule has 0 bridgehead atoms. The van der Waals surface area contributed by atoms with Crippen molar-refractivity contribution in [1.82, 2.24) is 4.90 Å². The lowest BCUT2D eigenvalue weighted by molar-refractivity contribution is -0.120. The van der Waals surface area contributed by atoms with Crippen molar-refractivity contribution in [3.63, 3.8) is 0 Å². The smallest absolute Gasteiger partial charge is 0.410 e. The van der Waals surface area contributed by atoms with Gasteiger partial charge in [-0.3, -0.25) is 9.69 Å². The summed E-state index contributed by atoms with van der Waals surface area (Å²) in [6.07, 6.45) is 5.50. The first-order valence-electron chi connectivity index (χ1n) is 6.51. The minimum absolute atomic E-state index is 0.0111. The van der Waals surface area contributed by atoms with Crippen LogP contribution in [0.3, 0.4) is 0 Å². The fourth-order valence-corrected chi connectivity index (χ4v) is 2.04. The number of ketones is 1. The van der Waals surface area contributed by atoms with Gasteiger partial charge in [0.1, 0.15) is 5.60 Å². The molecule has 0 aliphatic carbocycles. The van der Waals surface area contributed by atoms with E-state index < -0.39 is 5.60 Å². The van der Waals surface area contributed by atoms with Gasteiger partial charge in [-0.15, -0.1) is 0 Å². The molecule has 1 heterocycles. The molecule has 1 rings (SSSR count). The summed E-state index contributed by atoms with van der Waals surface area (Å²) in [4.78, 5) is 25.6. The monoisotopic (exact) mass is 253 g/mol. The zero-order chi connectivity index (χ0) is 13.8. The van der Waals surface area contributed by atoms with Gasteiger partial charge >= 0.3 is 6.09 Å². The van der Waals surface area contributed by atoms with Gasteiger partial charge in [-0.25, -0.2) is 4.79 Å². The normalized spacial score (nSPS) is 21.1. The van der Waals surface area contributed by atoms with Gasteiger partial charge in [0.05, 0.1) is 6.04 Å². The summed E-state index contributed by atoms with van der Waals surface area (Å²) in [7, 11) is 0. The number of rotatable bonds is 2. The Morgan fingerprint density at radius 3 is 2.50 bits per heavy atom. The summed E-state index contributed by atoms with van der Waals surface area (Å²) in [6.45, 7) is 7.90. The largest absolute Gasteiger partial charge is 0.444 e. The molecule has 0 aromatic carbocycles. The minimum atomic E-state index is -0.525. The molecular weight excluding hydrogens is 230 g/mol. The van der Waals surface area contributed by atoms with E-state index in [0.717, 1.165) is 19.3 Å². The van der Waals surface area contributed by atoms with Crippen LogP contribution in [0.4, 0.5) is 4.79 Å². The number of piperidine rings is 1. The zero-order valence-electron chi connectivity index (χ0n) is 11.7. The molecule has 0 saturated carbocycles. The number of allylic oxidation sites excluding steroid dienone is 1. The number of nitrogens with zero attached hydrogens (tertiary/aromatic N) is 1. The number of hydrogen-bond donors (Lipinski definition) is 0. The first kappa shape index (κ1) is 14.7. The maximum Gasteiger partial charge on any atom is 0.410 e. The average molecular weight is 253 g/mol. The Labute approximate surface area is 109 Å². The zero-order valence-corrected chi connectivity index (χ0v) is 11.7. The van der Waals surface area contributed by atoms with Crippen molar-refractivity contribution in [3.8, 4) is 0 Å². The fourth-order valence-electron chi connectivity index (χ4n) is 2.04. The lowest BCUT2D eigenvalue weighted by Gasteiger charge is -2.35. The Hall–Kier alpha value is -1.32. The van der Waals surface area contributed by atoms with E-state index in [0.29, 0.717) is 6.54 Å². The fraction of sp³-hybridized carbons (Fsp3) is 0.714. The summed E-state index contributed by atoms with van der Waals surface area (Å²) >= 11 is 0. The van der Waals surface area contributed by atoms with E-state index in [-0.39, 0.29) is 17.9 Å². The molecule has 4 heteroatoms. The topological polar surface area (TPSA) is 46.6 Å². The molecule has 0 N–H and O–H groups in total. The van der Waals surface area contributed by atoms with E-state index in [2.05, 4.69) is 0 Å². The van der Waals surface area contributed by atoms with Crippen molar-refractivity contribution in [2.24, 2.45) is 0 Å². The highest BCUT2D eigenvalue weighted by molar-refractivity contribution is 5.96.